The summed E-state index contributed by atoms with van der Waals surface area (Å²) in [5.74, 6) is 5.64. The summed E-state index contributed by atoms with van der Waals surface area (Å²) in [5.41, 5.74) is 31.8. The van der Waals surface area contributed by atoms with Gasteiger partial charge in [-0.15, -0.1) is 0 Å². The Balaban J connectivity index is 0.000000116. The number of rotatable bonds is 18. The smallest absolute Gasteiger partial charge is 0.164 e. The van der Waals surface area contributed by atoms with Crippen molar-refractivity contribution in [2.24, 2.45) is 0 Å². The molecule has 12 nitrogen and oxygen atoms in total. The van der Waals surface area contributed by atoms with Gasteiger partial charge in [0.25, 0.3) is 0 Å². The van der Waals surface area contributed by atoms with Gasteiger partial charge in [-0.05, 0) is 159 Å². The molecule has 0 amide bonds. The summed E-state index contributed by atoms with van der Waals surface area (Å²) in [5, 5.41) is 10.3. The summed E-state index contributed by atoms with van der Waals surface area (Å²) in [6.45, 7) is 0. The van der Waals surface area contributed by atoms with Gasteiger partial charge in [-0.3, -0.25) is 15.0 Å². The largest absolute Gasteiger partial charge is 0.256 e. The molecule has 27 aromatic rings. The Morgan fingerprint density at radius 1 is 0.113 bits per heavy atom. The lowest BCUT2D eigenvalue weighted by Crippen LogP contribution is -2.00. The van der Waals surface area contributed by atoms with Gasteiger partial charge in [0.1, 0.15) is 0 Å². The Morgan fingerprint density at radius 2 is 0.353 bits per heavy atom. The van der Waals surface area contributed by atoms with E-state index < -0.39 is 0 Å². The van der Waals surface area contributed by atoms with E-state index in [2.05, 4.69) is 473 Å². The minimum atomic E-state index is 0.621. The van der Waals surface area contributed by atoms with Crippen LogP contribution in [-0.2, 0) is 0 Å². The van der Waals surface area contributed by atoms with Crippen molar-refractivity contribution in [2.75, 3.05) is 0 Å². The van der Waals surface area contributed by atoms with Crippen LogP contribution < -0.4 is 0 Å². The third kappa shape index (κ3) is 19.2. The molecule has 6 heterocycles. The number of hydrogen-bond donors (Lipinski definition) is 0. The Hall–Kier alpha value is -20.3. The van der Waals surface area contributed by atoms with E-state index in [9.17, 15) is 0 Å². The first kappa shape index (κ1) is 90.9. The predicted molar refractivity (Wildman–Crippen MR) is 616 cm³/mol. The first-order valence-electron chi connectivity index (χ1n) is 50.2. The fraction of sp³-hybridized carbons (Fsp3) is 0. The third-order valence-electron chi connectivity index (χ3n) is 27.6. The van der Waals surface area contributed by atoms with Gasteiger partial charge in [0, 0.05) is 101 Å². The van der Waals surface area contributed by atoms with Crippen LogP contribution in [-0.4, -0.2) is 59.8 Å². The maximum Gasteiger partial charge on any atom is 0.164 e. The lowest BCUT2D eigenvalue weighted by molar-refractivity contribution is 1.07. The highest BCUT2D eigenvalue weighted by atomic mass is 15.1. The third-order valence-corrected chi connectivity index (χ3v) is 27.6. The molecular formula is C138H90N12. The van der Waals surface area contributed by atoms with Crippen molar-refractivity contribution >= 4 is 65.0 Å². The van der Waals surface area contributed by atoms with Crippen molar-refractivity contribution in [2.45, 2.75) is 0 Å². The lowest BCUT2D eigenvalue weighted by Gasteiger charge is -2.12. The SMILES string of the molecule is c1ccc(-c2ccc(-c3nc(-c4ccc(-c5ccccc5)cc4)nc(-c4cccc(-c5cc6cccnc6c6ccccc56)c4)n3)cc2)cc1.c1ccc(-c2ccc(-c3nc(-c4ccc(-c5ccccc5)cc4)nc(-c4cccc(-c5ccc6c(c5)ncc5ccccc56)c4)n3)cc2)cc1.c1ccc(-c2ccc(-c3nc(-c4ccc(-c5ccccc5)cc4)nc(-c4cccc(-c5cccc6c5ccc5cccnc56)c4)n3)cc2)cc1. The average molecular weight is 1920 g/mol. The maximum atomic E-state index is 5.08. The lowest BCUT2D eigenvalue weighted by atomic mass is 9.94. The highest BCUT2D eigenvalue weighted by molar-refractivity contribution is 6.13. The maximum absolute atomic E-state index is 5.08. The van der Waals surface area contributed by atoms with E-state index in [0.717, 1.165) is 176 Å². The van der Waals surface area contributed by atoms with Gasteiger partial charge in [0.15, 0.2) is 52.4 Å². The van der Waals surface area contributed by atoms with Gasteiger partial charge < -0.3 is 0 Å². The summed E-state index contributed by atoms with van der Waals surface area (Å²) < 4.78 is 0. The van der Waals surface area contributed by atoms with Crippen LogP contribution in [0.1, 0.15) is 0 Å². The van der Waals surface area contributed by atoms with Crippen molar-refractivity contribution in [3.8, 4) is 203 Å². The van der Waals surface area contributed by atoms with E-state index in [4.69, 9.17) is 59.8 Å². The Morgan fingerprint density at radius 3 is 0.733 bits per heavy atom. The van der Waals surface area contributed by atoms with Crippen LogP contribution in [0.4, 0.5) is 0 Å². The van der Waals surface area contributed by atoms with E-state index in [1.54, 1.807) is 0 Å². The van der Waals surface area contributed by atoms with Gasteiger partial charge >= 0.3 is 0 Å². The summed E-state index contributed by atoms with van der Waals surface area (Å²) in [6.07, 6.45) is 5.66. The molecule has 0 unspecified atom stereocenters. The molecule has 0 aliphatic rings. The van der Waals surface area contributed by atoms with Gasteiger partial charge in [-0.2, -0.15) is 0 Å². The number of fused-ring (bicyclic) bond motifs is 9. The van der Waals surface area contributed by atoms with Crippen molar-refractivity contribution in [3.63, 3.8) is 0 Å². The molecule has 0 radical (unpaired) electrons. The molecule has 0 bridgehead atoms. The molecule has 0 aliphatic heterocycles. The monoisotopic (exact) mass is 1910 g/mol. The number of pyridine rings is 3. The van der Waals surface area contributed by atoms with Crippen LogP contribution in [0.2, 0.25) is 0 Å². The molecular weight excluding hydrogens is 1830 g/mol. The quantitative estimate of drug-likeness (QED) is 0.0751. The molecule has 0 saturated carbocycles. The van der Waals surface area contributed by atoms with E-state index >= 15 is 0 Å². The van der Waals surface area contributed by atoms with Gasteiger partial charge in [0.05, 0.1) is 16.6 Å². The van der Waals surface area contributed by atoms with Crippen LogP contribution >= 0.6 is 0 Å². The average Bonchev–Trinajstić information content (AvgIpc) is 0.768. The summed E-state index contributed by atoms with van der Waals surface area (Å²) in [6, 6.07) is 183. The first-order valence-corrected chi connectivity index (χ1v) is 50.2. The predicted octanol–water partition coefficient (Wildman–Crippen LogP) is 34.7. The molecule has 0 atom stereocenters. The number of nitrogens with zero attached hydrogens (tertiary/aromatic N) is 12. The Bertz CT molecular complexity index is 9280. The normalized spacial score (nSPS) is 11.2. The van der Waals surface area contributed by atoms with Crippen molar-refractivity contribution in [3.05, 3.63) is 546 Å². The van der Waals surface area contributed by atoms with Gasteiger partial charge in [-0.25, -0.2) is 44.9 Å². The van der Waals surface area contributed by atoms with Crippen molar-refractivity contribution in [1.82, 2.24) is 59.8 Å². The van der Waals surface area contributed by atoms with Crippen LogP contribution in [0.5, 0.6) is 0 Å². The Labute approximate surface area is 867 Å². The van der Waals surface area contributed by atoms with E-state index in [1.165, 1.54) is 38.8 Å². The van der Waals surface area contributed by atoms with Gasteiger partial charge in [-0.1, -0.05) is 485 Å². The molecule has 0 fully saturated rings. The molecule has 0 aliphatic carbocycles. The second-order valence-electron chi connectivity index (χ2n) is 37.0. The summed E-state index contributed by atoms with van der Waals surface area (Å²) in [7, 11) is 0. The fourth-order valence-electron chi connectivity index (χ4n) is 19.8. The second-order valence-corrected chi connectivity index (χ2v) is 37.0. The highest BCUT2D eigenvalue weighted by Crippen LogP contribution is 2.42. The van der Waals surface area contributed by atoms with Crippen LogP contribution in [0.25, 0.3) is 268 Å². The zero-order valence-corrected chi connectivity index (χ0v) is 81.3. The fourth-order valence-corrected chi connectivity index (χ4v) is 19.8. The summed E-state index contributed by atoms with van der Waals surface area (Å²) >= 11 is 0. The molecule has 0 N–H and O–H groups in total. The summed E-state index contributed by atoms with van der Waals surface area (Å²) in [4.78, 5) is 59.7. The number of benzene rings is 21. The van der Waals surface area contributed by atoms with E-state index in [1.807, 2.05) is 73.2 Å². The zero-order chi connectivity index (χ0) is 99.8. The zero-order valence-electron chi connectivity index (χ0n) is 81.3. The van der Waals surface area contributed by atoms with Crippen molar-refractivity contribution in [1.29, 1.82) is 0 Å². The van der Waals surface area contributed by atoms with Crippen LogP contribution in [0.15, 0.2) is 546 Å². The molecule has 0 saturated heterocycles. The standard InChI is InChI=1S/3C46H30N4/c1-3-10-31(11-4-1)33-19-23-36(24-20-33)44-48-45(37-25-21-34(22-26-37)32-12-5-2-6-13-32)50-46(49-44)39-15-7-14-38(30-39)40-17-8-18-42-41(40)28-27-35-16-9-29-47-43(35)42;1-3-11-31(12-4-1)33-20-24-35(25-21-33)44-48-45(36-26-22-34(23-27-36)32-13-5-2-6-14-32)50-46(49-44)39-16-9-15-37(29-39)42-30-38-17-10-28-47-43(38)41-19-8-7-18-40(41)42;1-3-10-31(11-4-1)33-18-22-35(23-19-33)44-48-45(36-24-20-34(21-25-36)32-12-5-2-6-13-32)50-46(49-44)39-16-9-15-37(28-39)38-26-27-42-41-17-8-7-14-40(41)30-47-43(42)29-38/h3*1-30H. The van der Waals surface area contributed by atoms with Gasteiger partial charge in [0.2, 0.25) is 0 Å². The highest BCUT2D eigenvalue weighted by Gasteiger charge is 2.22. The molecule has 150 heavy (non-hydrogen) atoms. The first-order chi connectivity index (χ1) is 74.3. The molecule has 702 valence electrons. The molecule has 21 aromatic carbocycles. The van der Waals surface area contributed by atoms with E-state index in [0.29, 0.717) is 52.4 Å². The molecule has 12 heteroatoms. The molecule has 6 aromatic heterocycles. The molecule has 0 spiro atoms. The number of aromatic nitrogens is 12. The minimum Gasteiger partial charge on any atom is -0.256 e. The van der Waals surface area contributed by atoms with Crippen molar-refractivity contribution < 1.29 is 0 Å². The van der Waals surface area contributed by atoms with E-state index in [-0.39, 0.29) is 0 Å². The van der Waals surface area contributed by atoms with Crippen LogP contribution in [0.3, 0.4) is 0 Å². The van der Waals surface area contributed by atoms with Crippen LogP contribution in [0, 0.1) is 0 Å². The topological polar surface area (TPSA) is 155 Å². The Kier molecular flexibility index (Phi) is 25.0. The second kappa shape index (κ2) is 41.2. The number of hydrogen-bond acceptors (Lipinski definition) is 12. The minimum absolute atomic E-state index is 0.621. The molecule has 27 rings (SSSR count).